The number of carbonyl (C=O) groups is 1. The molecular formula is C18H21N5O. The Kier molecular flexibility index (Phi) is 4.74. The summed E-state index contributed by atoms with van der Waals surface area (Å²) in [6, 6.07) is 10.2. The molecule has 0 aliphatic carbocycles. The first-order valence-corrected chi connectivity index (χ1v) is 8.05. The van der Waals surface area contributed by atoms with E-state index in [9.17, 15) is 4.79 Å². The molecule has 1 N–H and O–H groups in total. The first-order chi connectivity index (χ1) is 11.6. The number of hydrogen-bond acceptors (Lipinski definition) is 3. The second kappa shape index (κ2) is 7.12. The number of nitrogens with zero attached hydrogens (tertiary/aromatic N) is 4. The van der Waals surface area contributed by atoms with Gasteiger partial charge in [-0.15, -0.1) is 0 Å². The van der Waals surface area contributed by atoms with Crippen molar-refractivity contribution in [1.29, 1.82) is 0 Å². The topological polar surface area (TPSA) is 64.7 Å². The van der Waals surface area contributed by atoms with Gasteiger partial charge in [-0.05, 0) is 38.0 Å². The SMILES string of the molecule is CC(C)n1cc(C(=O)NCCc2cnn(-c3ccccc3)c2)cn1. The highest BCUT2D eigenvalue weighted by Gasteiger charge is 2.09. The lowest BCUT2D eigenvalue weighted by Crippen LogP contribution is -2.25. The van der Waals surface area contributed by atoms with Crippen LogP contribution in [-0.4, -0.2) is 32.0 Å². The number of aromatic nitrogens is 4. The molecule has 1 amide bonds. The molecule has 0 unspecified atom stereocenters. The van der Waals surface area contributed by atoms with E-state index in [0.29, 0.717) is 12.1 Å². The van der Waals surface area contributed by atoms with Gasteiger partial charge in [-0.2, -0.15) is 10.2 Å². The van der Waals surface area contributed by atoms with Gasteiger partial charge in [-0.25, -0.2) is 4.68 Å². The van der Waals surface area contributed by atoms with Gasteiger partial charge in [-0.1, -0.05) is 18.2 Å². The number of amides is 1. The molecule has 0 saturated heterocycles. The molecule has 3 aromatic rings. The summed E-state index contributed by atoms with van der Waals surface area (Å²) in [6.07, 6.45) is 7.92. The Hall–Kier alpha value is -2.89. The van der Waals surface area contributed by atoms with E-state index in [4.69, 9.17) is 0 Å². The predicted molar refractivity (Wildman–Crippen MR) is 92.2 cm³/mol. The largest absolute Gasteiger partial charge is 0.352 e. The van der Waals surface area contributed by atoms with Crippen LogP contribution in [0.15, 0.2) is 55.1 Å². The Morgan fingerprint density at radius 1 is 1.12 bits per heavy atom. The smallest absolute Gasteiger partial charge is 0.254 e. The van der Waals surface area contributed by atoms with E-state index in [-0.39, 0.29) is 11.9 Å². The van der Waals surface area contributed by atoms with Crippen LogP contribution in [0.5, 0.6) is 0 Å². The minimum atomic E-state index is -0.0997. The van der Waals surface area contributed by atoms with Crippen molar-refractivity contribution in [3.63, 3.8) is 0 Å². The highest BCUT2D eigenvalue weighted by atomic mass is 16.1. The van der Waals surface area contributed by atoms with Gasteiger partial charge < -0.3 is 5.32 Å². The minimum Gasteiger partial charge on any atom is -0.352 e. The Labute approximate surface area is 141 Å². The van der Waals surface area contributed by atoms with Gasteiger partial charge in [0, 0.05) is 25.0 Å². The van der Waals surface area contributed by atoms with Crippen LogP contribution in [0.3, 0.4) is 0 Å². The van der Waals surface area contributed by atoms with E-state index >= 15 is 0 Å². The van der Waals surface area contributed by atoms with Gasteiger partial charge in [0.2, 0.25) is 0 Å². The molecule has 0 bridgehead atoms. The lowest BCUT2D eigenvalue weighted by atomic mass is 10.2. The Morgan fingerprint density at radius 3 is 2.62 bits per heavy atom. The van der Waals surface area contributed by atoms with Crippen LogP contribution in [0.25, 0.3) is 5.69 Å². The van der Waals surface area contributed by atoms with Crippen molar-refractivity contribution < 1.29 is 4.79 Å². The maximum Gasteiger partial charge on any atom is 0.254 e. The van der Waals surface area contributed by atoms with Crippen molar-refractivity contribution in [3.8, 4) is 5.69 Å². The molecule has 0 fully saturated rings. The van der Waals surface area contributed by atoms with Gasteiger partial charge >= 0.3 is 0 Å². The summed E-state index contributed by atoms with van der Waals surface area (Å²) in [7, 11) is 0. The number of carbonyl (C=O) groups excluding carboxylic acids is 1. The second-order valence-electron chi connectivity index (χ2n) is 5.94. The maximum absolute atomic E-state index is 12.1. The fourth-order valence-electron chi connectivity index (χ4n) is 2.37. The first-order valence-electron chi connectivity index (χ1n) is 8.05. The molecule has 3 rings (SSSR count). The van der Waals surface area contributed by atoms with Gasteiger partial charge in [0.1, 0.15) is 0 Å². The van der Waals surface area contributed by atoms with E-state index in [0.717, 1.165) is 17.7 Å². The van der Waals surface area contributed by atoms with Crippen LogP contribution < -0.4 is 5.32 Å². The standard InChI is InChI=1S/C18H21N5O/c1-14(2)22-13-16(11-21-22)18(24)19-9-8-15-10-20-23(12-15)17-6-4-3-5-7-17/h3-7,10-14H,8-9H2,1-2H3,(H,19,24). The molecule has 6 nitrogen and oxygen atoms in total. The zero-order valence-corrected chi connectivity index (χ0v) is 13.9. The number of rotatable bonds is 6. The monoisotopic (exact) mass is 323 g/mol. The zero-order valence-electron chi connectivity index (χ0n) is 13.9. The Balaban J connectivity index is 1.53. The van der Waals surface area contributed by atoms with E-state index in [1.807, 2.05) is 61.3 Å². The average molecular weight is 323 g/mol. The van der Waals surface area contributed by atoms with Crippen LogP contribution in [-0.2, 0) is 6.42 Å². The molecule has 2 aromatic heterocycles. The van der Waals surface area contributed by atoms with Crippen LogP contribution in [0, 0.1) is 0 Å². The summed E-state index contributed by atoms with van der Waals surface area (Å²) in [6.45, 7) is 4.62. The summed E-state index contributed by atoms with van der Waals surface area (Å²) in [5, 5.41) is 11.5. The van der Waals surface area contributed by atoms with Gasteiger partial charge in [0.05, 0.1) is 23.6 Å². The van der Waals surface area contributed by atoms with E-state index < -0.39 is 0 Å². The molecular weight excluding hydrogens is 302 g/mol. The first kappa shape index (κ1) is 16.0. The summed E-state index contributed by atoms with van der Waals surface area (Å²) in [5.41, 5.74) is 2.69. The number of para-hydroxylation sites is 1. The highest BCUT2D eigenvalue weighted by Crippen LogP contribution is 2.08. The fourth-order valence-corrected chi connectivity index (χ4v) is 2.37. The lowest BCUT2D eigenvalue weighted by Gasteiger charge is -2.04. The summed E-state index contributed by atoms with van der Waals surface area (Å²) in [5.74, 6) is -0.0997. The number of benzene rings is 1. The van der Waals surface area contributed by atoms with Crippen molar-refractivity contribution >= 4 is 5.91 Å². The predicted octanol–water partition coefficient (Wildman–Crippen LogP) is 2.62. The molecule has 0 saturated carbocycles. The van der Waals surface area contributed by atoms with Crippen LogP contribution in [0.2, 0.25) is 0 Å². The third-order valence-electron chi connectivity index (χ3n) is 3.75. The molecule has 0 spiro atoms. The average Bonchev–Trinajstić information content (AvgIpc) is 3.25. The summed E-state index contributed by atoms with van der Waals surface area (Å²) < 4.78 is 3.61. The summed E-state index contributed by atoms with van der Waals surface area (Å²) in [4.78, 5) is 12.1. The van der Waals surface area contributed by atoms with Crippen molar-refractivity contribution in [3.05, 3.63) is 66.2 Å². The van der Waals surface area contributed by atoms with E-state index in [2.05, 4.69) is 15.5 Å². The van der Waals surface area contributed by atoms with Gasteiger partial charge in [0.15, 0.2) is 0 Å². The maximum atomic E-state index is 12.1. The third kappa shape index (κ3) is 3.71. The molecule has 0 atom stereocenters. The molecule has 6 heteroatoms. The van der Waals surface area contributed by atoms with Crippen LogP contribution in [0.4, 0.5) is 0 Å². The van der Waals surface area contributed by atoms with Crippen molar-refractivity contribution in [1.82, 2.24) is 24.9 Å². The molecule has 0 aliphatic rings. The third-order valence-corrected chi connectivity index (χ3v) is 3.75. The quantitative estimate of drug-likeness (QED) is 0.758. The number of hydrogen-bond donors (Lipinski definition) is 1. The molecule has 124 valence electrons. The van der Waals surface area contributed by atoms with E-state index in [1.54, 1.807) is 17.1 Å². The minimum absolute atomic E-state index is 0.0997. The number of nitrogens with one attached hydrogen (secondary N) is 1. The molecule has 1 aromatic carbocycles. The second-order valence-corrected chi connectivity index (χ2v) is 5.94. The zero-order chi connectivity index (χ0) is 16.9. The van der Waals surface area contributed by atoms with Crippen LogP contribution in [0.1, 0.15) is 35.8 Å². The van der Waals surface area contributed by atoms with Crippen molar-refractivity contribution in [2.45, 2.75) is 26.3 Å². The van der Waals surface area contributed by atoms with Crippen molar-refractivity contribution in [2.24, 2.45) is 0 Å². The lowest BCUT2D eigenvalue weighted by molar-refractivity contribution is 0.0954. The fraction of sp³-hybridized carbons (Fsp3) is 0.278. The van der Waals surface area contributed by atoms with Crippen molar-refractivity contribution in [2.75, 3.05) is 6.54 Å². The van der Waals surface area contributed by atoms with Gasteiger partial charge in [-0.3, -0.25) is 9.48 Å². The van der Waals surface area contributed by atoms with Crippen LogP contribution >= 0.6 is 0 Å². The van der Waals surface area contributed by atoms with E-state index in [1.165, 1.54) is 0 Å². The molecule has 2 heterocycles. The Morgan fingerprint density at radius 2 is 1.92 bits per heavy atom. The van der Waals surface area contributed by atoms with Gasteiger partial charge in [0.25, 0.3) is 5.91 Å². The summed E-state index contributed by atoms with van der Waals surface area (Å²) >= 11 is 0. The Bertz CT molecular complexity index is 804. The molecule has 24 heavy (non-hydrogen) atoms. The highest BCUT2D eigenvalue weighted by molar-refractivity contribution is 5.93. The molecule has 0 aliphatic heterocycles. The molecule has 0 radical (unpaired) electrons. The normalized spacial score (nSPS) is 11.0.